The van der Waals surface area contributed by atoms with Crippen molar-refractivity contribution < 1.29 is 9.53 Å². The van der Waals surface area contributed by atoms with Crippen LogP contribution in [0.4, 0.5) is 0 Å². The molecule has 0 fully saturated rings. The number of ether oxygens (including phenoxy) is 1. The zero-order valence-corrected chi connectivity index (χ0v) is 7.57. The van der Waals surface area contributed by atoms with Crippen LogP contribution in [0.15, 0.2) is 18.3 Å². The third kappa shape index (κ3) is 1.96. The first-order valence-electron chi connectivity index (χ1n) is 3.79. The Kier molecular flexibility index (Phi) is 2.84. The Hall–Kier alpha value is -1.58. The van der Waals surface area contributed by atoms with Crippen LogP contribution in [0.25, 0.3) is 0 Å². The van der Waals surface area contributed by atoms with E-state index in [-0.39, 0.29) is 0 Å². The van der Waals surface area contributed by atoms with Gasteiger partial charge in [-0.2, -0.15) is 0 Å². The Morgan fingerprint density at radius 1 is 1.62 bits per heavy atom. The summed E-state index contributed by atoms with van der Waals surface area (Å²) in [4.78, 5) is 14.8. The molecule has 4 nitrogen and oxygen atoms in total. The minimum Gasteiger partial charge on any atom is -0.481 e. The lowest BCUT2D eigenvalue weighted by Crippen LogP contribution is -2.20. The van der Waals surface area contributed by atoms with Gasteiger partial charge in [0.15, 0.2) is 0 Å². The molecule has 0 aliphatic heterocycles. The van der Waals surface area contributed by atoms with Crippen molar-refractivity contribution in [3.05, 3.63) is 29.8 Å². The van der Waals surface area contributed by atoms with Crippen LogP contribution in [0.2, 0.25) is 0 Å². The van der Waals surface area contributed by atoms with Crippen LogP contribution in [0.5, 0.6) is 5.88 Å². The van der Waals surface area contributed by atoms with Gasteiger partial charge in [-0.15, -0.1) is 0 Å². The van der Waals surface area contributed by atoms with E-state index in [0.717, 1.165) is 0 Å². The zero-order valence-electron chi connectivity index (χ0n) is 7.57. The van der Waals surface area contributed by atoms with Crippen molar-refractivity contribution in [2.45, 2.75) is 6.92 Å². The molecule has 1 amide bonds. The number of primary amides is 1. The third-order valence-electron chi connectivity index (χ3n) is 1.74. The monoisotopic (exact) mass is 179 g/mol. The Labute approximate surface area is 76.7 Å². The normalized spacial score (nSPS) is 10.1. The van der Waals surface area contributed by atoms with Gasteiger partial charge in [0, 0.05) is 11.8 Å². The molecule has 1 heterocycles. The topological polar surface area (TPSA) is 65.2 Å². The van der Waals surface area contributed by atoms with E-state index in [2.05, 4.69) is 4.98 Å². The van der Waals surface area contributed by atoms with Crippen LogP contribution < -0.4 is 10.5 Å². The van der Waals surface area contributed by atoms with E-state index in [1.165, 1.54) is 7.11 Å². The molecule has 0 saturated heterocycles. The summed E-state index contributed by atoms with van der Waals surface area (Å²) in [6.45, 7) is 1.64. The second-order valence-corrected chi connectivity index (χ2v) is 2.55. The highest BCUT2D eigenvalue weighted by molar-refractivity contribution is 5.92. The van der Waals surface area contributed by atoms with Gasteiger partial charge in [-0.25, -0.2) is 4.98 Å². The number of carbonyl (C=O) groups excluding carboxylic acids is 1. The van der Waals surface area contributed by atoms with Crippen LogP contribution >= 0.6 is 0 Å². The third-order valence-corrected chi connectivity index (χ3v) is 1.74. The number of aromatic nitrogens is 1. The van der Waals surface area contributed by atoms with Crippen LogP contribution in [0.3, 0.4) is 0 Å². The molecule has 0 atom stereocenters. The van der Waals surface area contributed by atoms with Gasteiger partial charge in [0.2, 0.25) is 11.8 Å². The molecule has 0 aliphatic rings. The summed E-state index contributed by atoms with van der Waals surface area (Å²) in [5.74, 6) is 0.398. The lowest BCUT2D eigenvalue weighted by molar-refractivity contribution is -0.115. The second kappa shape index (κ2) is 3.89. The molecule has 13 heavy (non-hydrogen) atoms. The number of methoxy groups -OCH3 is 1. The summed E-state index contributed by atoms with van der Waals surface area (Å²) < 4.78 is 4.98. The Morgan fingerprint density at radius 2 is 2.31 bits per heavy atom. The lowest BCUT2D eigenvalue weighted by Gasteiger charge is -2.09. The fourth-order valence-electron chi connectivity index (χ4n) is 0.972. The van der Waals surface area contributed by atoms with Crippen LogP contribution in [0, 0.1) is 5.92 Å². The second-order valence-electron chi connectivity index (χ2n) is 2.55. The SMILES string of the molecule is COc1ncccc1[C](C)C(N)=O. The van der Waals surface area contributed by atoms with Crippen LogP contribution in [-0.2, 0) is 4.79 Å². The van der Waals surface area contributed by atoms with Crippen LogP contribution in [-0.4, -0.2) is 18.0 Å². The van der Waals surface area contributed by atoms with E-state index in [9.17, 15) is 4.79 Å². The summed E-state index contributed by atoms with van der Waals surface area (Å²) in [6.07, 6.45) is 1.59. The molecule has 69 valence electrons. The van der Waals surface area contributed by atoms with Crippen molar-refractivity contribution in [2.24, 2.45) is 5.73 Å². The van der Waals surface area contributed by atoms with Crippen LogP contribution in [0.1, 0.15) is 12.5 Å². The highest BCUT2D eigenvalue weighted by Gasteiger charge is 2.17. The first kappa shape index (κ1) is 9.51. The van der Waals surface area contributed by atoms with Gasteiger partial charge in [-0.05, 0) is 13.0 Å². The molecule has 1 aromatic heterocycles. The fraction of sp³-hybridized carbons (Fsp3) is 0.222. The summed E-state index contributed by atoms with van der Waals surface area (Å²) in [5, 5.41) is 0. The number of nitrogens with zero attached hydrogens (tertiary/aromatic N) is 1. The number of carbonyl (C=O) groups is 1. The van der Waals surface area contributed by atoms with Crippen molar-refractivity contribution >= 4 is 5.91 Å². The molecule has 2 N–H and O–H groups in total. The van der Waals surface area contributed by atoms with Gasteiger partial charge in [0.1, 0.15) is 0 Å². The van der Waals surface area contributed by atoms with E-state index >= 15 is 0 Å². The summed E-state index contributed by atoms with van der Waals surface area (Å²) in [6, 6.07) is 3.47. The molecule has 1 radical (unpaired) electrons. The number of hydrogen-bond donors (Lipinski definition) is 1. The van der Waals surface area contributed by atoms with E-state index < -0.39 is 5.91 Å². The minimum absolute atomic E-state index is 0.416. The largest absolute Gasteiger partial charge is 0.481 e. The molecule has 1 rings (SSSR count). The molecule has 1 aromatic rings. The van der Waals surface area contributed by atoms with Gasteiger partial charge in [-0.1, -0.05) is 6.07 Å². The number of nitrogens with two attached hydrogens (primary N) is 1. The zero-order chi connectivity index (χ0) is 9.84. The maximum Gasteiger partial charge on any atom is 0.229 e. The molecule has 0 aliphatic carbocycles. The average Bonchev–Trinajstić information content (AvgIpc) is 2.16. The van der Waals surface area contributed by atoms with Gasteiger partial charge in [-0.3, -0.25) is 4.79 Å². The van der Waals surface area contributed by atoms with Crippen molar-refractivity contribution in [3.8, 4) is 5.88 Å². The first-order chi connectivity index (χ1) is 6.16. The molecule has 0 aromatic carbocycles. The van der Waals surface area contributed by atoms with Crippen molar-refractivity contribution in [2.75, 3.05) is 7.11 Å². The summed E-state index contributed by atoms with van der Waals surface area (Å²) >= 11 is 0. The van der Waals surface area contributed by atoms with E-state index in [0.29, 0.717) is 17.4 Å². The standard InChI is InChI=1S/C9H11N2O2/c1-6(8(10)12)7-4-3-5-11-9(7)13-2/h3-5H,1-2H3,(H2,10,12). The average molecular weight is 179 g/mol. The number of amides is 1. The molecule has 4 heteroatoms. The van der Waals surface area contributed by atoms with Gasteiger partial charge in [0.05, 0.1) is 13.0 Å². The Balaban J connectivity index is 3.05. The van der Waals surface area contributed by atoms with Gasteiger partial charge in [0.25, 0.3) is 0 Å². The van der Waals surface area contributed by atoms with Crippen molar-refractivity contribution in [1.82, 2.24) is 4.98 Å². The molecule has 0 saturated carbocycles. The minimum atomic E-state index is -0.466. The van der Waals surface area contributed by atoms with Crippen molar-refractivity contribution in [3.63, 3.8) is 0 Å². The van der Waals surface area contributed by atoms with Gasteiger partial charge >= 0.3 is 0 Å². The van der Waals surface area contributed by atoms with Gasteiger partial charge < -0.3 is 10.5 Å². The Bertz CT molecular complexity index is 312. The summed E-state index contributed by atoms with van der Waals surface area (Å²) in [7, 11) is 1.50. The molecular formula is C9H11N2O2. The lowest BCUT2D eigenvalue weighted by atomic mass is 10.0. The smallest absolute Gasteiger partial charge is 0.229 e. The molecular weight excluding hydrogens is 168 g/mol. The van der Waals surface area contributed by atoms with Crippen molar-refractivity contribution in [1.29, 1.82) is 0 Å². The number of hydrogen-bond acceptors (Lipinski definition) is 3. The maximum absolute atomic E-state index is 10.9. The number of rotatable bonds is 3. The van der Waals surface area contributed by atoms with E-state index in [1.807, 2.05) is 0 Å². The highest BCUT2D eigenvalue weighted by atomic mass is 16.5. The number of pyridine rings is 1. The molecule has 0 bridgehead atoms. The quantitative estimate of drug-likeness (QED) is 0.735. The molecule has 0 spiro atoms. The predicted octanol–water partition coefficient (Wildman–Crippen LogP) is 0.518. The molecule has 0 unspecified atom stereocenters. The fourth-order valence-corrected chi connectivity index (χ4v) is 0.972. The predicted molar refractivity (Wildman–Crippen MR) is 48.0 cm³/mol. The summed E-state index contributed by atoms with van der Waals surface area (Å²) in [5.41, 5.74) is 5.77. The first-order valence-corrected chi connectivity index (χ1v) is 3.79. The highest BCUT2D eigenvalue weighted by Crippen LogP contribution is 2.22. The van der Waals surface area contributed by atoms with E-state index in [4.69, 9.17) is 10.5 Å². The Morgan fingerprint density at radius 3 is 2.85 bits per heavy atom. The van der Waals surface area contributed by atoms with E-state index in [1.54, 1.807) is 25.3 Å². The maximum atomic E-state index is 10.9.